The molecule has 12 nitrogen and oxygen atoms in total. The zero-order valence-corrected chi connectivity index (χ0v) is 27.3. The van der Waals surface area contributed by atoms with E-state index >= 15 is 0 Å². The summed E-state index contributed by atoms with van der Waals surface area (Å²) in [5.74, 6) is -1.35. The summed E-state index contributed by atoms with van der Waals surface area (Å²) in [5, 5.41) is 0. The fourth-order valence-electron chi connectivity index (χ4n) is 7.89. The number of likely N-dealkylation sites (tertiary alicyclic amines) is 1. The Hall–Kier alpha value is -2.83. The van der Waals surface area contributed by atoms with Gasteiger partial charge in [-0.05, 0) is 72.9 Å². The molecule has 3 atom stereocenters. The molecule has 2 saturated carbocycles. The number of rotatable bonds is 6. The summed E-state index contributed by atoms with van der Waals surface area (Å²) in [4.78, 5) is 56.6. The van der Waals surface area contributed by atoms with E-state index in [1.807, 2.05) is 25.7 Å². The predicted octanol–water partition coefficient (Wildman–Crippen LogP) is 3.86. The predicted molar refractivity (Wildman–Crippen MR) is 165 cm³/mol. The number of Topliss-reactive ketones (excluding diaryl/α,β-unsaturated/α-hetero) is 2. The van der Waals surface area contributed by atoms with Crippen molar-refractivity contribution < 1.29 is 33.3 Å². The van der Waals surface area contributed by atoms with Gasteiger partial charge in [0.15, 0.2) is 11.6 Å². The van der Waals surface area contributed by atoms with Crippen LogP contribution in [0.2, 0.25) is 0 Å². The number of carbonyl (C=O) groups excluding carboxylic acids is 3. The lowest BCUT2D eigenvalue weighted by molar-refractivity contribution is -0.255. The van der Waals surface area contributed by atoms with Gasteiger partial charge in [-0.25, -0.2) is 9.78 Å². The molecule has 1 amide bonds. The van der Waals surface area contributed by atoms with Gasteiger partial charge >= 0.3 is 6.09 Å². The summed E-state index contributed by atoms with van der Waals surface area (Å²) >= 11 is 0. The van der Waals surface area contributed by atoms with E-state index in [4.69, 9.17) is 23.9 Å². The molecule has 1 unspecified atom stereocenters. The van der Waals surface area contributed by atoms with Crippen molar-refractivity contribution in [1.29, 1.82) is 0 Å². The van der Waals surface area contributed by atoms with Crippen molar-refractivity contribution in [2.75, 3.05) is 64.5 Å². The summed E-state index contributed by atoms with van der Waals surface area (Å²) in [6, 6.07) is 2.05. The highest BCUT2D eigenvalue weighted by atomic mass is 16.7. The second kappa shape index (κ2) is 12.8. The van der Waals surface area contributed by atoms with Crippen molar-refractivity contribution in [3.05, 3.63) is 11.9 Å². The molecule has 45 heavy (non-hydrogen) atoms. The third-order valence-corrected chi connectivity index (χ3v) is 10.3. The van der Waals surface area contributed by atoms with Crippen LogP contribution in [0.5, 0.6) is 5.88 Å². The monoisotopic (exact) mass is 627 g/mol. The van der Waals surface area contributed by atoms with Crippen molar-refractivity contribution in [2.24, 2.45) is 11.3 Å². The van der Waals surface area contributed by atoms with Gasteiger partial charge in [-0.1, -0.05) is 12.8 Å². The number of carbonyl (C=O) groups is 3. The first-order valence-electron chi connectivity index (χ1n) is 16.8. The SMILES string of the molecule is CN1CCC[C@H]1COc1cc(N2CCN(C(=O)OC(C)(C)C)CC2)nc(C(=O)C2CCC[C@@]3(CCCCC34OCCO4)C2=O)n1. The molecule has 6 rings (SSSR count). The van der Waals surface area contributed by atoms with Gasteiger partial charge in [-0.2, -0.15) is 4.98 Å². The van der Waals surface area contributed by atoms with E-state index in [9.17, 15) is 14.4 Å². The Labute approximate surface area is 266 Å². The molecule has 2 spiro atoms. The van der Waals surface area contributed by atoms with Crippen LogP contribution in [0, 0.1) is 11.3 Å². The zero-order chi connectivity index (χ0) is 31.8. The number of nitrogens with zero attached hydrogens (tertiary/aromatic N) is 5. The van der Waals surface area contributed by atoms with E-state index in [0.29, 0.717) is 83.4 Å². The average molecular weight is 628 g/mol. The molecule has 0 radical (unpaired) electrons. The number of ketones is 2. The normalized spacial score (nSPS) is 29.0. The molecule has 1 aromatic rings. The molecule has 4 heterocycles. The highest BCUT2D eigenvalue weighted by Crippen LogP contribution is 2.56. The van der Waals surface area contributed by atoms with Gasteiger partial charge in [0, 0.05) is 44.7 Å². The van der Waals surface area contributed by atoms with Crippen molar-refractivity contribution in [1.82, 2.24) is 19.8 Å². The van der Waals surface area contributed by atoms with Crippen LogP contribution >= 0.6 is 0 Å². The van der Waals surface area contributed by atoms with Crippen LogP contribution in [-0.2, 0) is 19.0 Å². The van der Waals surface area contributed by atoms with Crippen LogP contribution < -0.4 is 9.64 Å². The van der Waals surface area contributed by atoms with E-state index in [1.54, 1.807) is 11.0 Å². The standard InChI is InChI=1S/C33H49N5O7/c1-31(2,3)45-30(41)38-17-15-37(16-18-38)25-21-26(42-22-23-9-8-14-36(23)4)35-29(34-25)27(39)24-10-7-12-32(28(24)40)11-5-6-13-33(32)43-19-20-44-33/h21,23-24H,5-20,22H2,1-4H3/t23-,24?,32-/m0/s1. The second-order valence-corrected chi connectivity index (χ2v) is 14.3. The molecular weight excluding hydrogens is 578 g/mol. The Morgan fingerprint density at radius 1 is 0.956 bits per heavy atom. The summed E-state index contributed by atoms with van der Waals surface area (Å²) in [6.45, 7) is 9.91. The largest absolute Gasteiger partial charge is 0.476 e. The Bertz CT molecular complexity index is 1270. The number of fused-ring (bicyclic) bond motifs is 1. The molecule has 0 aromatic carbocycles. The van der Waals surface area contributed by atoms with Gasteiger partial charge in [0.2, 0.25) is 17.5 Å². The number of hydrogen-bond donors (Lipinski definition) is 0. The molecule has 5 aliphatic rings. The smallest absolute Gasteiger partial charge is 0.410 e. The molecule has 1 aromatic heterocycles. The van der Waals surface area contributed by atoms with Gasteiger partial charge in [-0.3, -0.25) is 9.59 Å². The molecule has 0 bridgehead atoms. The Balaban J connectivity index is 1.24. The summed E-state index contributed by atoms with van der Waals surface area (Å²) in [7, 11) is 2.09. The highest BCUT2D eigenvalue weighted by molar-refractivity contribution is 6.11. The lowest BCUT2D eigenvalue weighted by atomic mass is 9.57. The van der Waals surface area contributed by atoms with E-state index in [2.05, 4.69) is 16.9 Å². The van der Waals surface area contributed by atoms with Gasteiger partial charge in [0.05, 0.1) is 24.5 Å². The molecule has 3 saturated heterocycles. The van der Waals surface area contributed by atoms with Crippen LogP contribution in [-0.4, -0.2) is 114 Å². The molecule has 248 valence electrons. The van der Waals surface area contributed by atoms with E-state index in [0.717, 1.165) is 38.6 Å². The number of piperazine rings is 1. The van der Waals surface area contributed by atoms with Crippen LogP contribution in [0.3, 0.4) is 0 Å². The topological polar surface area (TPSA) is 124 Å². The molecule has 12 heteroatoms. The summed E-state index contributed by atoms with van der Waals surface area (Å²) < 4.78 is 24.1. The van der Waals surface area contributed by atoms with E-state index in [1.165, 1.54) is 0 Å². The number of aromatic nitrogens is 2. The first-order chi connectivity index (χ1) is 21.5. The first-order valence-corrected chi connectivity index (χ1v) is 16.8. The third-order valence-electron chi connectivity index (χ3n) is 10.3. The summed E-state index contributed by atoms with van der Waals surface area (Å²) in [5.41, 5.74) is -1.39. The molecular formula is C33H49N5O7. The highest BCUT2D eigenvalue weighted by Gasteiger charge is 2.63. The minimum Gasteiger partial charge on any atom is -0.476 e. The number of anilines is 1. The van der Waals surface area contributed by atoms with Gasteiger partial charge in [0.1, 0.15) is 18.0 Å². The van der Waals surface area contributed by atoms with Gasteiger partial charge < -0.3 is 33.6 Å². The lowest BCUT2D eigenvalue weighted by Crippen LogP contribution is -2.60. The lowest BCUT2D eigenvalue weighted by Gasteiger charge is -2.51. The van der Waals surface area contributed by atoms with Crippen LogP contribution in [0.4, 0.5) is 10.6 Å². The van der Waals surface area contributed by atoms with Gasteiger partial charge in [0.25, 0.3) is 0 Å². The first kappa shape index (κ1) is 32.1. The maximum Gasteiger partial charge on any atom is 0.410 e. The number of ether oxygens (including phenoxy) is 4. The number of amides is 1. The molecule has 0 N–H and O–H groups in total. The Morgan fingerprint density at radius 2 is 1.67 bits per heavy atom. The van der Waals surface area contributed by atoms with Gasteiger partial charge in [-0.15, -0.1) is 0 Å². The molecule has 5 fully saturated rings. The fourth-order valence-corrected chi connectivity index (χ4v) is 7.89. The van der Waals surface area contributed by atoms with Crippen molar-refractivity contribution in [3.63, 3.8) is 0 Å². The maximum absolute atomic E-state index is 14.4. The van der Waals surface area contributed by atoms with Crippen LogP contribution in [0.1, 0.15) is 89.2 Å². The Morgan fingerprint density at radius 3 is 2.36 bits per heavy atom. The Kier molecular flexibility index (Phi) is 9.11. The fraction of sp³-hybridized carbons (Fsp3) is 0.788. The van der Waals surface area contributed by atoms with Crippen molar-refractivity contribution in [3.8, 4) is 5.88 Å². The average Bonchev–Trinajstić information content (AvgIpc) is 3.67. The molecule has 2 aliphatic carbocycles. The second-order valence-electron chi connectivity index (χ2n) is 14.3. The maximum atomic E-state index is 14.4. The quantitative estimate of drug-likeness (QED) is 0.337. The third kappa shape index (κ3) is 6.42. The minimum absolute atomic E-state index is 0.00497. The van der Waals surface area contributed by atoms with Crippen LogP contribution in [0.25, 0.3) is 0 Å². The number of likely N-dealkylation sites (N-methyl/N-ethyl adjacent to an activating group) is 1. The minimum atomic E-state index is -0.931. The zero-order valence-electron chi connectivity index (χ0n) is 27.3. The van der Waals surface area contributed by atoms with Crippen molar-refractivity contribution in [2.45, 2.75) is 96.0 Å². The van der Waals surface area contributed by atoms with E-state index in [-0.39, 0.29) is 29.5 Å². The summed E-state index contributed by atoms with van der Waals surface area (Å²) in [6.07, 6.45) is 6.88. The van der Waals surface area contributed by atoms with E-state index < -0.39 is 22.7 Å². The van der Waals surface area contributed by atoms with Crippen LogP contribution in [0.15, 0.2) is 6.07 Å². The molecule has 3 aliphatic heterocycles. The number of hydrogen-bond acceptors (Lipinski definition) is 11. The van der Waals surface area contributed by atoms with Crippen molar-refractivity contribution >= 4 is 23.5 Å².